The second-order valence-electron chi connectivity index (χ2n) is 5.15. The van der Waals surface area contributed by atoms with Crippen molar-refractivity contribution in [1.29, 1.82) is 0 Å². The predicted molar refractivity (Wildman–Crippen MR) is 86.7 cm³/mol. The normalized spacial score (nSPS) is 11.0. The smallest absolute Gasteiger partial charge is 0.129 e. The number of nitrogens with zero attached hydrogens (tertiary/aromatic N) is 1. The van der Waals surface area contributed by atoms with Crippen molar-refractivity contribution < 1.29 is 4.39 Å². The number of benzene rings is 2. The molecule has 0 saturated carbocycles. The van der Waals surface area contributed by atoms with Crippen LogP contribution in [0.5, 0.6) is 0 Å². The fraction of sp³-hybridized carbons (Fsp3) is 0.294. The average molecular weight is 307 g/mol. The largest absolute Gasteiger partial charge is 0.398 e. The third-order valence-corrected chi connectivity index (χ3v) is 3.63. The van der Waals surface area contributed by atoms with Gasteiger partial charge in [0.1, 0.15) is 5.82 Å². The molecule has 4 heteroatoms. The Balaban J connectivity index is 2.14. The van der Waals surface area contributed by atoms with Gasteiger partial charge in [0.15, 0.2) is 0 Å². The van der Waals surface area contributed by atoms with Crippen LogP contribution in [-0.4, -0.2) is 11.4 Å². The summed E-state index contributed by atoms with van der Waals surface area (Å²) in [6.45, 7) is 4.25. The molecule has 21 heavy (non-hydrogen) atoms. The lowest BCUT2D eigenvalue weighted by Gasteiger charge is -2.23. The summed E-state index contributed by atoms with van der Waals surface area (Å²) in [5.74, 6) is -0.260. The molecule has 0 aliphatic heterocycles. The molecule has 0 atom stereocenters. The van der Waals surface area contributed by atoms with E-state index in [9.17, 15) is 4.39 Å². The molecule has 2 aromatic carbocycles. The molecule has 0 unspecified atom stereocenters. The van der Waals surface area contributed by atoms with Crippen LogP contribution in [0, 0.1) is 5.82 Å². The Bertz CT molecular complexity index is 601. The van der Waals surface area contributed by atoms with Gasteiger partial charge in [-0.2, -0.15) is 0 Å². The number of rotatable bonds is 6. The standard InChI is InChI=1S/C17H20ClFN2/c1-2-9-21(12-14-5-3-4-6-17(14)20)11-13-7-8-15(18)10-16(13)19/h3-8,10H,2,9,11-12,20H2,1H3. The SMILES string of the molecule is CCCN(Cc1ccccc1N)Cc1ccc(Cl)cc1F. The van der Waals surface area contributed by atoms with Crippen LogP contribution >= 0.6 is 11.6 Å². The molecule has 2 nitrogen and oxygen atoms in total. The lowest BCUT2D eigenvalue weighted by atomic mass is 10.1. The molecule has 0 spiro atoms. The van der Waals surface area contributed by atoms with Gasteiger partial charge in [-0.25, -0.2) is 4.39 Å². The molecule has 0 radical (unpaired) electrons. The Kier molecular flexibility index (Phi) is 5.59. The van der Waals surface area contributed by atoms with Crippen molar-refractivity contribution in [3.05, 3.63) is 64.4 Å². The lowest BCUT2D eigenvalue weighted by Crippen LogP contribution is -2.24. The molecule has 0 amide bonds. The van der Waals surface area contributed by atoms with Crippen LogP contribution in [0.2, 0.25) is 5.02 Å². The molecule has 0 saturated heterocycles. The number of para-hydroxylation sites is 1. The fourth-order valence-electron chi connectivity index (χ4n) is 2.34. The maximum atomic E-state index is 13.9. The van der Waals surface area contributed by atoms with Gasteiger partial charge in [0, 0.05) is 29.4 Å². The van der Waals surface area contributed by atoms with Gasteiger partial charge in [-0.15, -0.1) is 0 Å². The Morgan fingerprint density at radius 3 is 2.48 bits per heavy atom. The maximum absolute atomic E-state index is 13.9. The first kappa shape index (κ1) is 15.8. The maximum Gasteiger partial charge on any atom is 0.129 e. The highest BCUT2D eigenvalue weighted by Crippen LogP contribution is 2.19. The highest BCUT2D eigenvalue weighted by atomic mass is 35.5. The van der Waals surface area contributed by atoms with E-state index >= 15 is 0 Å². The Hall–Kier alpha value is -1.58. The van der Waals surface area contributed by atoms with Crippen LogP contribution in [-0.2, 0) is 13.1 Å². The van der Waals surface area contributed by atoms with Gasteiger partial charge >= 0.3 is 0 Å². The topological polar surface area (TPSA) is 29.3 Å². The number of nitrogen functional groups attached to an aromatic ring is 1. The molecule has 0 aliphatic carbocycles. The van der Waals surface area contributed by atoms with Gasteiger partial charge < -0.3 is 5.73 Å². The van der Waals surface area contributed by atoms with Crippen LogP contribution in [0.15, 0.2) is 42.5 Å². The number of hydrogen-bond donors (Lipinski definition) is 1. The molecule has 2 aromatic rings. The number of anilines is 1. The molecule has 2 rings (SSSR count). The molecule has 0 aliphatic rings. The first-order chi connectivity index (χ1) is 10.1. The van der Waals surface area contributed by atoms with Gasteiger partial charge in [0.05, 0.1) is 0 Å². The predicted octanol–water partition coefficient (Wildman–Crippen LogP) is 4.47. The highest BCUT2D eigenvalue weighted by molar-refractivity contribution is 6.30. The van der Waals surface area contributed by atoms with Crippen molar-refractivity contribution in [2.75, 3.05) is 12.3 Å². The van der Waals surface area contributed by atoms with Crippen molar-refractivity contribution in [2.24, 2.45) is 0 Å². The van der Waals surface area contributed by atoms with Gasteiger partial charge in [0.2, 0.25) is 0 Å². The Labute approximate surface area is 130 Å². The van der Waals surface area contributed by atoms with E-state index in [1.54, 1.807) is 12.1 Å². The molecule has 0 aromatic heterocycles. The van der Waals surface area contributed by atoms with Crippen molar-refractivity contribution in [3.63, 3.8) is 0 Å². The van der Waals surface area contributed by atoms with Crippen LogP contribution < -0.4 is 5.73 Å². The van der Waals surface area contributed by atoms with E-state index in [0.717, 1.165) is 24.2 Å². The van der Waals surface area contributed by atoms with Gasteiger partial charge in [0.25, 0.3) is 0 Å². The second-order valence-corrected chi connectivity index (χ2v) is 5.58. The zero-order valence-corrected chi connectivity index (χ0v) is 12.9. The van der Waals surface area contributed by atoms with Gasteiger partial charge in [-0.1, -0.05) is 42.8 Å². The zero-order valence-electron chi connectivity index (χ0n) is 12.2. The third kappa shape index (κ3) is 4.45. The molecule has 0 fully saturated rings. The zero-order chi connectivity index (χ0) is 15.2. The second kappa shape index (κ2) is 7.43. The summed E-state index contributed by atoms with van der Waals surface area (Å²) >= 11 is 5.80. The molecule has 0 bridgehead atoms. The van der Waals surface area contributed by atoms with Crippen molar-refractivity contribution in [3.8, 4) is 0 Å². The summed E-state index contributed by atoms with van der Waals surface area (Å²) in [6.07, 6.45) is 1.00. The summed E-state index contributed by atoms with van der Waals surface area (Å²) in [6, 6.07) is 12.6. The lowest BCUT2D eigenvalue weighted by molar-refractivity contribution is 0.254. The molecule has 2 N–H and O–H groups in total. The number of hydrogen-bond acceptors (Lipinski definition) is 2. The number of halogens is 2. The summed E-state index contributed by atoms with van der Waals surface area (Å²) in [7, 11) is 0. The van der Waals surface area contributed by atoms with Gasteiger partial charge in [-0.05, 0) is 36.7 Å². The summed E-state index contributed by atoms with van der Waals surface area (Å²) in [4.78, 5) is 2.19. The average Bonchev–Trinajstić information content (AvgIpc) is 2.44. The Morgan fingerprint density at radius 1 is 1.10 bits per heavy atom. The minimum Gasteiger partial charge on any atom is -0.398 e. The monoisotopic (exact) mass is 306 g/mol. The van der Waals surface area contributed by atoms with Crippen LogP contribution in [0.4, 0.5) is 10.1 Å². The first-order valence-electron chi connectivity index (χ1n) is 7.09. The quantitative estimate of drug-likeness (QED) is 0.798. The fourth-order valence-corrected chi connectivity index (χ4v) is 2.50. The highest BCUT2D eigenvalue weighted by Gasteiger charge is 2.11. The molecular weight excluding hydrogens is 287 g/mol. The van der Waals surface area contributed by atoms with Crippen LogP contribution in [0.1, 0.15) is 24.5 Å². The van der Waals surface area contributed by atoms with Crippen LogP contribution in [0.3, 0.4) is 0 Å². The van der Waals surface area contributed by atoms with Crippen molar-refractivity contribution in [1.82, 2.24) is 4.90 Å². The van der Waals surface area contributed by atoms with Crippen molar-refractivity contribution >= 4 is 17.3 Å². The van der Waals surface area contributed by atoms with E-state index in [2.05, 4.69) is 11.8 Å². The van der Waals surface area contributed by atoms with Gasteiger partial charge in [-0.3, -0.25) is 4.90 Å². The van der Waals surface area contributed by atoms with E-state index in [4.69, 9.17) is 17.3 Å². The first-order valence-corrected chi connectivity index (χ1v) is 7.47. The van der Waals surface area contributed by atoms with Crippen LogP contribution in [0.25, 0.3) is 0 Å². The minimum absolute atomic E-state index is 0.260. The summed E-state index contributed by atoms with van der Waals surface area (Å²) in [5, 5.41) is 0.422. The minimum atomic E-state index is -0.260. The summed E-state index contributed by atoms with van der Waals surface area (Å²) < 4.78 is 13.9. The Morgan fingerprint density at radius 2 is 1.81 bits per heavy atom. The number of nitrogens with two attached hydrogens (primary N) is 1. The molecule has 0 heterocycles. The molecule has 112 valence electrons. The third-order valence-electron chi connectivity index (χ3n) is 3.40. The van der Waals surface area contributed by atoms with E-state index in [0.29, 0.717) is 23.7 Å². The molecular formula is C17H20ClFN2. The van der Waals surface area contributed by atoms with E-state index in [-0.39, 0.29) is 5.82 Å². The van der Waals surface area contributed by atoms with Crippen molar-refractivity contribution in [2.45, 2.75) is 26.4 Å². The van der Waals surface area contributed by atoms with E-state index in [1.165, 1.54) is 6.07 Å². The van der Waals surface area contributed by atoms with E-state index in [1.807, 2.05) is 24.3 Å². The van der Waals surface area contributed by atoms with E-state index < -0.39 is 0 Å². The summed E-state index contributed by atoms with van der Waals surface area (Å²) in [5.41, 5.74) is 8.49.